The standard InChI is InChI=1S/C12H22N2O/c15-12(11-14-8-3-4-9-14)5-10-13-6-1-2-7-13/h1-11H2. The quantitative estimate of drug-likeness (QED) is 0.680. The van der Waals surface area contributed by atoms with Crippen LogP contribution in [0.15, 0.2) is 0 Å². The van der Waals surface area contributed by atoms with Gasteiger partial charge in [-0.15, -0.1) is 0 Å². The van der Waals surface area contributed by atoms with Gasteiger partial charge < -0.3 is 4.90 Å². The van der Waals surface area contributed by atoms with E-state index in [0.717, 1.165) is 26.1 Å². The molecule has 86 valence electrons. The van der Waals surface area contributed by atoms with Crippen LogP contribution in [0.4, 0.5) is 0 Å². The van der Waals surface area contributed by atoms with Crippen molar-refractivity contribution in [1.82, 2.24) is 9.80 Å². The summed E-state index contributed by atoms with van der Waals surface area (Å²) in [6, 6.07) is 0. The lowest BCUT2D eigenvalue weighted by Gasteiger charge is -2.16. The van der Waals surface area contributed by atoms with Gasteiger partial charge in [-0.25, -0.2) is 0 Å². The molecule has 2 aliphatic heterocycles. The number of carbonyl (C=O) groups excluding carboxylic acids is 1. The Balaban J connectivity index is 1.59. The average Bonchev–Trinajstić information content (AvgIpc) is 2.86. The normalized spacial score (nSPS) is 23.7. The van der Waals surface area contributed by atoms with Crippen LogP contribution in [0.3, 0.4) is 0 Å². The molecule has 0 aromatic rings. The first kappa shape index (κ1) is 11.1. The summed E-state index contributed by atoms with van der Waals surface area (Å²) in [7, 11) is 0. The minimum atomic E-state index is 0.434. The average molecular weight is 210 g/mol. The highest BCUT2D eigenvalue weighted by Gasteiger charge is 2.16. The van der Waals surface area contributed by atoms with Crippen LogP contribution in [0.25, 0.3) is 0 Å². The summed E-state index contributed by atoms with van der Waals surface area (Å²) >= 11 is 0. The van der Waals surface area contributed by atoms with E-state index >= 15 is 0 Å². The van der Waals surface area contributed by atoms with E-state index in [4.69, 9.17) is 0 Å². The van der Waals surface area contributed by atoms with E-state index in [9.17, 15) is 4.79 Å². The van der Waals surface area contributed by atoms with Gasteiger partial charge in [0.15, 0.2) is 0 Å². The second kappa shape index (κ2) is 5.61. The largest absolute Gasteiger partial charge is 0.303 e. The molecular weight excluding hydrogens is 188 g/mol. The second-order valence-corrected chi connectivity index (χ2v) is 4.82. The molecule has 0 aromatic carbocycles. The highest BCUT2D eigenvalue weighted by atomic mass is 16.1. The number of nitrogens with zero attached hydrogens (tertiary/aromatic N) is 2. The first-order valence-electron chi connectivity index (χ1n) is 6.31. The molecule has 2 rings (SSSR count). The Hall–Kier alpha value is -0.410. The molecule has 0 aromatic heterocycles. The molecule has 0 atom stereocenters. The van der Waals surface area contributed by atoms with Crippen molar-refractivity contribution in [3.63, 3.8) is 0 Å². The maximum absolute atomic E-state index is 11.7. The third-order valence-electron chi connectivity index (χ3n) is 3.50. The van der Waals surface area contributed by atoms with E-state index in [2.05, 4.69) is 9.80 Å². The molecule has 3 heteroatoms. The van der Waals surface area contributed by atoms with E-state index in [-0.39, 0.29) is 0 Å². The van der Waals surface area contributed by atoms with Crippen LogP contribution in [-0.2, 0) is 4.79 Å². The van der Waals surface area contributed by atoms with Crippen molar-refractivity contribution in [2.75, 3.05) is 39.3 Å². The number of rotatable bonds is 5. The Bertz CT molecular complexity index is 206. The Morgan fingerprint density at radius 1 is 0.867 bits per heavy atom. The molecule has 0 saturated carbocycles. The molecule has 2 aliphatic rings. The molecular formula is C12H22N2O. The van der Waals surface area contributed by atoms with Gasteiger partial charge in [0.05, 0.1) is 6.54 Å². The van der Waals surface area contributed by atoms with Gasteiger partial charge in [-0.2, -0.15) is 0 Å². The van der Waals surface area contributed by atoms with Gasteiger partial charge in [0, 0.05) is 13.0 Å². The zero-order valence-electron chi connectivity index (χ0n) is 9.58. The van der Waals surface area contributed by atoms with E-state index in [1.54, 1.807) is 0 Å². The molecule has 0 N–H and O–H groups in total. The van der Waals surface area contributed by atoms with Crippen LogP contribution in [0.5, 0.6) is 0 Å². The fourth-order valence-corrected chi connectivity index (χ4v) is 2.56. The molecule has 2 heterocycles. The van der Waals surface area contributed by atoms with Crippen LogP contribution in [0.2, 0.25) is 0 Å². The van der Waals surface area contributed by atoms with E-state index in [1.807, 2.05) is 0 Å². The minimum absolute atomic E-state index is 0.434. The molecule has 0 radical (unpaired) electrons. The number of ketones is 1. The highest BCUT2D eigenvalue weighted by Crippen LogP contribution is 2.09. The van der Waals surface area contributed by atoms with Crippen LogP contribution >= 0.6 is 0 Å². The number of Topliss-reactive ketones (excluding diaryl/α,β-unsaturated/α-hetero) is 1. The lowest BCUT2D eigenvalue weighted by Crippen LogP contribution is -2.30. The summed E-state index contributed by atoms with van der Waals surface area (Å²) in [6.45, 7) is 6.37. The third-order valence-corrected chi connectivity index (χ3v) is 3.50. The van der Waals surface area contributed by atoms with Crippen molar-refractivity contribution in [3.05, 3.63) is 0 Å². The summed E-state index contributed by atoms with van der Waals surface area (Å²) in [5.74, 6) is 0.434. The molecule has 0 spiro atoms. The van der Waals surface area contributed by atoms with Gasteiger partial charge in [0.25, 0.3) is 0 Å². The number of hydrogen-bond donors (Lipinski definition) is 0. The van der Waals surface area contributed by atoms with Gasteiger partial charge in [-0.05, 0) is 51.9 Å². The smallest absolute Gasteiger partial charge is 0.148 e. The van der Waals surface area contributed by atoms with E-state index < -0.39 is 0 Å². The molecule has 3 nitrogen and oxygen atoms in total. The lowest BCUT2D eigenvalue weighted by molar-refractivity contribution is -0.120. The van der Waals surface area contributed by atoms with E-state index in [0.29, 0.717) is 12.3 Å². The van der Waals surface area contributed by atoms with Crippen molar-refractivity contribution in [2.24, 2.45) is 0 Å². The summed E-state index contributed by atoms with van der Waals surface area (Å²) in [4.78, 5) is 16.4. The highest BCUT2D eigenvalue weighted by molar-refractivity contribution is 5.80. The topological polar surface area (TPSA) is 23.6 Å². The molecule has 2 saturated heterocycles. The molecule has 0 amide bonds. The number of hydrogen-bond acceptors (Lipinski definition) is 3. The second-order valence-electron chi connectivity index (χ2n) is 4.82. The van der Waals surface area contributed by atoms with Gasteiger partial charge in [0.1, 0.15) is 5.78 Å². The van der Waals surface area contributed by atoms with E-state index in [1.165, 1.54) is 38.8 Å². The molecule has 0 unspecified atom stereocenters. The summed E-state index contributed by atoms with van der Waals surface area (Å²) < 4.78 is 0. The Kier molecular flexibility index (Phi) is 4.15. The van der Waals surface area contributed by atoms with Crippen molar-refractivity contribution in [1.29, 1.82) is 0 Å². The van der Waals surface area contributed by atoms with Crippen molar-refractivity contribution < 1.29 is 4.79 Å². The fourth-order valence-electron chi connectivity index (χ4n) is 2.56. The minimum Gasteiger partial charge on any atom is -0.303 e. The number of likely N-dealkylation sites (tertiary alicyclic amines) is 2. The van der Waals surface area contributed by atoms with Crippen LogP contribution in [0.1, 0.15) is 32.1 Å². The molecule has 0 bridgehead atoms. The van der Waals surface area contributed by atoms with Crippen molar-refractivity contribution >= 4 is 5.78 Å². The van der Waals surface area contributed by atoms with Crippen molar-refractivity contribution in [2.45, 2.75) is 32.1 Å². The SMILES string of the molecule is O=C(CCN1CCCC1)CN1CCCC1. The first-order chi connectivity index (χ1) is 7.34. The first-order valence-corrected chi connectivity index (χ1v) is 6.31. The monoisotopic (exact) mass is 210 g/mol. The van der Waals surface area contributed by atoms with Gasteiger partial charge >= 0.3 is 0 Å². The summed E-state index contributed by atoms with van der Waals surface area (Å²) in [5.41, 5.74) is 0. The van der Waals surface area contributed by atoms with Gasteiger partial charge in [-0.1, -0.05) is 0 Å². The maximum atomic E-state index is 11.7. The Labute approximate surface area is 92.4 Å². The van der Waals surface area contributed by atoms with Crippen molar-refractivity contribution in [3.8, 4) is 0 Å². The van der Waals surface area contributed by atoms with Gasteiger partial charge in [-0.3, -0.25) is 9.69 Å². The van der Waals surface area contributed by atoms with Gasteiger partial charge in [0.2, 0.25) is 0 Å². The Morgan fingerprint density at radius 2 is 1.40 bits per heavy atom. The molecule has 2 fully saturated rings. The van der Waals surface area contributed by atoms with Crippen LogP contribution in [0, 0.1) is 0 Å². The molecule has 0 aliphatic carbocycles. The van der Waals surface area contributed by atoms with Crippen LogP contribution < -0.4 is 0 Å². The zero-order chi connectivity index (χ0) is 10.5. The van der Waals surface area contributed by atoms with Crippen LogP contribution in [-0.4, -0.2) is 54.9 Å². The zero-order valence-corrected chi connectivity index (χ0v) is 9.58. The lowest BCUT2D eigenvalue weighted by atomic mass is 10.2. The number of carbonyl (C=O) groups is 1. The maximum Gasteiger partial charge on any atom is 0.148 e. The predicted molar refractivity (Wildman–Crippen MR) is 61.0 cm³/mol. The predicted octanol–water partition coefficient (Wildman–Crippen LogP) is 1.14. The fraction of sp³-hybridized carbons (Fsp3) is 0.917. The summed E-state index contributed by atoms with van der Waals surface area (Å²) in [6.07, 6.45) is 5.95. The molecule has 15 heavy (non-hydrogen) atoms. The Morgan fingerprint density at radius 3 is 2.00 bits per heavy atom. The third kappa shape index (κ3) is 3.58. The summed E-state index contributed by atoms with van der Waals surface area (Å²) in [5, 5.41) is 0.